The van der Waals surface area contributed by atoms with Crippen molar-refractivity contribution in [2.24, 2.45) is 0 Å². The van der Waals surface area contributed by atoms with Gasteiger partial charge in [-0.25, -0.2) is 0 Å². The Morgan fingerprint density at radius 1 is 0.720 bits per heavy atom. The van der Waals surface area contributed by atoms with Crippen molar-refractivity contribution < 1.29 is 4.79 Å². The van der Waals surface area contributed by atoms with Gasteiger partial charge in [-0.15, -0.1) is 0 Å². The van der Waals surface area contributed by atoms with Gasteiger partial charge < -0.3 is 0 Å². The molecule has 0 aliphatic heterocycles. The Hall–Kier alpha value is -1.76. The first kappa shape index (κ1) is 19.6. The molecule has 0 amide bonds. The van der Waals surface area contributed by atoms with Crippen LogP contribution in [-0.4, -0.2) is 4.69 Å². The monoisotopic (exact) mass is 412 g/mol. The molecule has 0 atom stereocenters. The van der Waals surface area contributed by atoms with Gasteiger partial charge in [-0.2, -0.15) is 0 Å². The summed E-state index contributed by atoms with van der Waals surface area (Å²) in [5.41, 5.74) is 0. The fourth-order valence-electron chi connectivity index (χ4n) is 2.37. The number of halogens is 1. The zero-order chi connectivity index (χ0) is 17.9. The Labute approximate surface area is 160 Å². The summed E-state index contributed by atoms with van der Waals surface area (Å²) in [5, 5.41) is 4.19. The molecule has 0 fully saturated rings. The van der Waals surface area contributed by atoms with Crippen molar-refractivity contribution in [3.05, 3.63) is 91.0 Å². The molecule has 0 unspecified atom stereocenters. The molecule has 3 heteroatoms. The van der Waals surface area contributed by atoms with Gasteiger partial charge in [0.2, 0.25) is 0 Å². The highest BCUT2D eigenvalue weighted by atomic mass is 79.9. The van der Waals surface area contributed by atoms with E-state index >= 15 is 0 Å². The van der Waals surface area contributed by atoms with E-state index < -0.39 is 7.92 Å². The van der Waals surface area contributed by atoms with Crippen LogP contribution in [-0.2, 0) is 4.79 Å². The van der Waals surface area contributed by atoms with Gasteiger partial charge in [-0.3, -0.25) is 4.79 Å². The fourth-order valence-corrected chi connectivity index (χ4v) is 5.08. The van der Waals surface area contributed by atoms with Crippen LogP contribution in [0.15, 0.2) is 91.0 Å². The summed E-state index contributed by atoms with van der Waals surface area (Å²) in [4.78, 5) is 9.96. The van der Waals surface area contributed by atoms with Crippen molar-refractivity contribution >= 4 is 44.5 Å². The Kier molecular flexibility index (Phi) is 8.59. The number of carbonyl (C=O) groups is 1. The van der Waals surface area contributed by atoms with E-state index in [9.17, 15) is 4.79 Å². The molecule has 128 valence electrons. The lowest BCUT2D eigenvalue weighted by Crippen LogP contribution is -2.20. The van der Waals surface area contributed by atoms with Crippen LogP contribution in [0.1, 0.15) is 19.8 Å². The molecule has 0 saturated carbocycles. The largest absolute Gasteiger partial charge is 0.287 e. The van der Waals surface area contributed by atoms with E-state index in [2.05, 4.69) is 107 Å². The summed E-state index contributed by atoms with van der Waals surface area (Å²) < 4.78 is 0.102. The van der Waals surface area contributed by atoms with Gasteiger partial charge in [0.25, 0.3) is 0 Å². The Balaban J connectivity index is 0.000000326. The first-order chi connectivity index (χ1) is 12.2. The predicted octanol–water partition coefficient (Wildman–Crippen LogP) is 5.15. The molecular formula is C22H22BrOP. The highest BCUT2D eigenvalue weighted by molar-refractivity contribution is 9.18. The molecule has 0 aromatic heterocycles. The molecule has 3 rings (SSSR count). The maximum atomic E-state index is 9.96. The highest BCUT2D eigenvalue weighted by Crippen LogP contribution is 2.32. The average molecular weight is 413 g/mol. The molecule has 0 saturated heterocycles. The molecule has 25 heavy (non-hydrogen) atoms. The lowest BCUT2D eigenvalue weighted by Gasteiger charge is -2.18. The second kappa shape index (κ2) is 11.0. The van der Waals surface area contributed by atoms with Gasteiger partial charge in [0.05, 0.1) is 0 Å². The van der Waals surface area contributed by atoms with Crippen LogP contribution in [0.5, 0.6) is 0 Å². The number of benzene rings is 3. The zero-order valence-electron chi connectivity index (χ0n) is 14.3. The molecule has 0 N–H and O–H groups in total. The van der Waals surface area contributed by atoms with E-state index in [1.165, 1.54) is 15.9 Å². The normalized spacial score (nSPS) is 10.0. The average Bonchev–Trinajstić information content (AvgIpc) is 2.65. The molecule has 0 aliphatic carbocycles. The molecule has 0 radical (unpaired) electrons. The maximum absolute atomic E-state index is 9.96. The third-order valence-electron chi connectivity index (χ3n) is 3.49. The molecule has 0 bridgehead atoms. The SMILES string of the molecule is CCCC(=O)Br.c1ccc(P(c2ccccc2)c2ccccc2)cc1. The second-order valence-corrected chi connectivity index (χ2v) is 8.55. The summed E-state index contributed by atoms with van der Waals surface area (Å²) >= 11 is 2.80. The van der Waals surface area contributed by atoms with Crippen molar-refractivity contribution in [3.63, 3.8) is 0 Å². The van der Waals surface area contributed by atoms with Crippen LogP contribution in [0.4, 0.5) is 0 Å². The third-order valence-corrected chi connectivity index (χ3v) is 6.33. The minimum Gasteiger partial charge on any atom is -0.287 e. The van der Waals surface area contributed by atoms with Gasteiger partial charge in [0, 0.05) is 6.42 Å². The molecule has 1 nitrogen and oxygen atoms in total. The van der Waals surface area contributed by atoms with E-state index in [1.807, 2.05) is 6.92 Å². The summed E-state index contributed by atoms with van der Waals surface area (Å²) in [6.07, 6.45) is 1.59. The second-order valence-electron chi connectivity index (χ2n) is 5.45. The van der Waals surface area contributed by atoms with Gasteiger partial charge >= 0.3 is 0 Å². The van der Waals surface area contributed by atoms with E-state index in [0.717, 1.165) is 6.42 Å². The smallest absolute Gasteiger partial charge is 0.197 e. The van der Waals surface area contributed by atoms with Crippen LogP contribution >= 0.6 is 23.9 Å². The summed E-state index contributed by atoms with van der Waals surface area (Å²) in [6, 6.07) is 32.3. The van der Waals surface area contributed by atoms with Crippen molar-refractivity contribution in [2.45, 2.75) is 19.8 Å². The van der Waals surface area contributed by atoms with Gasteiger partial charge in [0.1, 0.15) is 0 Å². The van der Waals surface area contributed by atoms with E-state index in [0.29, 0.717) is 6.42 Å². The van der Waals surface area contributed by atoms with Crippen LogP contribution < -0.4 is 15.9 Å². The standard InChI is InChI=1S/C18H15P.C4H7BrO/c1-4-10-16(11-5-1)19(17-12-6-2-7-13-17)18-14-8-3-9-15-18;1-2-3-4(5)6/h1-15H;2-3H2,1H3. The van der Waals surface area contributed by atoms with Crippen molar-refractivity contribution in [1.82, 2.24) is 0 Å². The highest BCUT2D eigenvalue weighted by Gasteiger charge is 2.14. The van der Waals surface area contributed by atoms with Crippen LogP contribution in [0.25, 0.3) is 0 Å². The summed E-state index contributed by atoms with van der Waals surface area (Å²) in [6.45, 7) is 1.97. The van der Waals surface area contributed by atoms with Crippen LogP contribution in [0, 0.1) is 0 Å². The Morgan fingerprint density at radius 2 is 1.04 bits per heavy atom. The molecule has 0 heterocycles. The molecule has 3 aromatic carbocycles. The molecule has 3 aromatic rings. The van der Waals surface area contributed by atoms with E-state index in [1.54, 1.807) is 0 Å². The van der Waals surface area contributed by atoms with Crippen molar-refractivity contribution in [3.8, 4) is 0 Å². The molecular weight excluding hydrogens is 391 g/mol. The topological polar surface area (TPSA) is 17.1 Å². The van der Waals surface area contributed by atoms with E-state index in [-0.39, 0.29) is 4.69 Å². The van der Waals surface area contributed by atoms with Gasteiger partial charge in [-0.05, 0) is 46.2 Å². The zero-order valence-corrected chi connectivity index (χ0v) is 16.8. The van der Waals surface area contributed by atoms with Crippen LogP contribution in [0.2, 0.25) is 0 Å². The quantitative estimate of drug-likeness (QED) is 0.418. The number of rotatable bonds is 5. The molecule has 0 aliphatic rings. The summed E-state index contributed by atoms with van der Waals surface area (Å²) in [5.74, 6) is 0. The lowest BCUT2D eigenvalue weighted by molar-refractivity contribution is -0.110. The maximum Gasteiger partial charge on any atom is 0.197 e. The lowest BCUT2D eigenvalue weighted by atomic mass is 10.4. The van der Waals surface area contributed by atoms with Crippen molar-refractivity contribution in [2.75, 3.05) is 0 Å². The predicted molar refractivity (Wildman–Crippen MR) is 114 cm³/mol. The fraction of sp³-hybridized carbons (Fsp3) is 0.136. The molecule has 0 spiro atoms. The van der Waals surface area contributed by atoms with Crippen molar-refractivity contribution in [1.29, 1.82) is 0 Å². The minimum absolute atomic E-state index is 0.102. The summed E-state index contributed by atoms with van der Waals surface area (Å²) in [7, 11) is -0.446. The minimum atomic E-state index is -0.446. The number of hydrogen-bond acceptors (Lipinski definition) is 1. The van der Waals surface area contributed by atoms with Gasteiger partial charge in [0.15, 0.2) is 4.69 Å². The third kappa shape index (κ3) is 6.57. The Bertz CT molecular complexity index is 651. The number of carbonyl (C=O) groups excluding carboxylic acids is 1. The van der Waals surface area contributed by atoms with E-state index in [4.69, 9.17) is 0 Å². The first-order valence-corrected chi connectivity index (χ1v) is 10.5. The number of hydrogen-bond donors (Lipinski definition) is 0. The first-order valence-electron chi connectivity index (χ1n) is 8.36. The van der Waals surface area contributed by atoms with Gasteiger partial charge in [-0.1, -0.05) is 97.9 Å². The Morgan fingerprint density at radius 3 is 1.24 bits per heavy atom. The van der Waals surface area contributed by atoms with Crippen LogP contribution in [0.3, 0.4) is 0 Å².